The summed E-state index contributed by atoms with van der Waals surface area (Å²) < 4.78 is 5.16. The van der Waals surface area contributed by atoms with Crippen molar-refractivity contribution in [2.75, 3.05) is 27.2 Å². The molecule has 1 aliphatic heterocycles. The van der Waals surface area contributed by atoms with Crippen LogP contribution in [-0.2, 0) is 12.8 Å². The van der Waals surface area contributed by atoms with Crippen molar-refractivity contribution in [3.05, 3.63) is 17.1 Å². The highest BCUT2D eigenvalue weighted by atomic mass is 16.5. The maximum Gasteiger partial charge on any atom is 0.374 e. The number of nitrogens with zero attached hydrogens (tertiary/aromatic N) is 3. The second-order valence-electron chi connectivity index (χ2n) is 4.09. The molecule has 1 N–H and O–H groups in total. The molecule has 0 saturated carbocycles. The predicted octanol–water partition coefficient (Wildman–Crippen LogP) is 0.214. The smallest absolute Gasteiger partial charge is 0.374 e. The van der Waals surface area contributed by atoms with E-state index in [2.05, 4.69) is 14.9 Å². The Morgan fingerprint density at radius 2 is 2.06 bits per heavy atom. The van der Waals surface area contributed by atoms with Crippen LogP contribution in [0.5, 0.6) is 5.88 Å². The molecule has 0 fully saturated rings. The van der Waals surface area contributed by atoms with Crippen LogP contribution in [0.15, 0.2) is 0 Å². The van der Waals surface area contributed by atoms with Crippen LogP contribution in [0.25, 0.3) is 0 Å². The molecule has 2 heterocycles. The third kappa shape index (κ3) is 2.36. The van der Waals surface area contributed by atoms with Gasteiger partial charge in [0.1, 0.15) is 0 Å². The molecule has 0 radical (unpaired) electrons. The molecule has 0 unspecified atom stereocenters. The Bertz CT molecular complexity index is 448. The van der Waals surface area contributed by atoms with Crippen LogP contribution in [-0.4, -0.2) is 53.2 Å². The van der Waals surface area contributed by atoms with Gasteiger partial charge in [-0.3, -0.25) is 0 Å². The van der Waals surface area contributed by atoms with Crippen molar-refractivity contribution in [3.8, 4) is 5.88 Å². The Balaban J connectivity index is 2.47. The van der Waals surface area contributed by atoms with Gasteiger partial charge in [-0.1, -0.05) is 0 Å². The van der Waals surface area contributed by atoms with E-state index in [1.54, 1.807) is 0 Å². The van der Waals surface area contributed by atoms with Crippen LogP contribution >= 0.6 is 0 Å². The molecule has 0 aromatic carbocycles. The van der Waals surface area contributed by atoms with E-state index in [4.69, 9.17) is 9.84 Å². The lowest BCUT2D eigenvalue weighted by Gasteiger charge is -2.11. The molecule has 0 aliphatic carbocycles. The van der Waals surface area contributed by atoms with Crippen LogP contribution in [0.3, 0.4) is 0 Å². The highest BCUT2D eigenvalue weighted by molar-refractivity contribution is 5.83. The van der Waals surface area contributed by atoms with Gasteiger partial charge < -0.3 is 14.7 Å². The summed E-state index contributed by atoms with van der Waals surface area (Å²) >= 11 is 0. The van der Waals surface area contributed by atoms with Crippen molar-refractivity contribution in [1.82, 2.24) is 14.9 Å². The fourth-order valence-electron chi connectivity index (χ4n) is 1.94. The van der Waals surface area contributed by atoms with Crippen molar-refractivity contribution in [2.45, 2.75) is 12.8 Å². The van der Waals surface area contributed by atoms with Gasteiger partial charge >= 0.3 is 5.97 Å². The Morgan fingerprint density at radius 1 is 1.35 bits per heavy atom. The molecule has 0 atom stereocenters. The first-order valence-corrected chi connectivity index (χ1v) is 5.47. The number of rotatable bonds is 2. The third-order valence-electron chi connectivity index (χ3n) is 2.91. The molecule has 0 amide bonds. The van der Waals surface area contributed by atoms with Gasteiger partial charge in [-0.15, -0.1) is 0 Å². The van der Waals surface area contributed by atoms with Gasteiger partial charge in [0.15, 0.2) is 0 Å². The summed E-state index contributed by atoms with van der Waals surface area (Å²) in [6.07, 6.45) is 1.51. The van der Waals surface area contributed by atoms with Crippen molar-refractivity contribution >= 4 is 5.97 Å². The van der Waals surface area contributed by atoms with Crippen molar-refractivity contribution in [2.24, 2.45) is 0 Å². The van der Waals surface area contributed by atoms with Crippen LogP contribution in [0.4, 0.5) is 0 Å². The van der Waals surface area contributed by atoms with Gasteiger partial charge in [0.25, 0.3) is 0 Å². The molecule has 0 bridgehead atoms. The van der Waals surface area contributed by atoms with Crippen molar-refractivity contribution in [1.29, 1.82) is 0 Å². The number of ether oxygens (including phenoxy) is 1. The summed E-state index contributed by atoms with van der Waals surface area (Å²) in [4.78, 5) is 21.1. The fourth-order valence-corrected chi connectivity index (χ4v) is 1.94. The lowest BCUT2D eigenvalue weighted by Crippen LogP contribution is -2.20. The fraction of sp³-hybridized carbons (Fsp3) is 0.545. The summed E-state index contributed by atoms with van der Waals surface area (Å²) in [7, 11) is 3.53. The van der Waals surface area contributed by atoms with Gasteiger partial charge in [-0.2, -0.15) is 4.98 Å². The first-order chi connectivity index (χ1) is 8.11. The lowest BCUT2D eigenvalue weighted by atomic mass is 10.1. The molecule has 6 nitrogen and oxygen atoms in total. The summed E-state index contributed by atoms with van der Waals surface area (Å²) in [5.41, 5.74) is 1.72. The van der Waals surface area contributed by atoms with E-state index in [1.807, 2.05) is 7.05 Å². The number of hydrogen-bond donors (Lipinski definition) is 1. The standard InChI is InChI=1S/C11H15N3O3/c1-14-5-3-7-8(4-6-14)12-9(11(15)16)13-10(7)17-2/h3-6H2,1-2H3,(H,15,16). The first kappa shape index (κ1) is 11.8. The van der Waals surface area contributed by atoms with Gasteiger partial charge in [-0.05, 0) is 13.5 Å². The minimum absolute atomic E-state index is 0.190. The average Bonchev–Trinajstić information content (AvgIpc) is 2.50. The Morgan fingerprint density at radius 3 is 2.71 bits per heavy atom. The predicted molar refractivity (Wildman–Crippen MR) is 60.4 cm³/mol. The van der Waals surface area contributed by atoms with Gasteiger partial charge in [0, 0.05) is 25.1 Å². The number of likely N-dealkylation sites (N-methyl/N-ethyl adjacent to an activating group) is 1. The van der Waals surface area contributed by atoms with Gasteiger partial charge in [0.2, 0.25) is 11.7 Å². The Labute approximate surface area is 99.2 Å². The zero-order valence-corrected chi connectivity index (χ0v) is 9.93. The monoisotopic (exact) mass is 237 g/mol. The van der Waals surface area contributed by atoms with Gasteiger partial charge in [-0.25, -0.2) is 9.78 Å². The SMILES string of the molecule is COc1nc(C(=O)O)nc2c1CCN(C)CC2. The molecular weight excluding hydrogens is 222 g/mol. The van der Waals surface area contributed by atoms with E-state index in [9.17, 15) is 4.79 Å². The number of carboxylic acids is 1. The van der Waals surface area contributed by atoms with E-state index < -0.39 is 5.97 Å². The zero-order valence-electron chi connectivity index (χ0n) is 9.93. The van der Waals surface area contributed by atoms with Crippen molar-refractivity contribution in [3.63, 3.8) is 0 Å². The zero-order chi connectivity index (χ0) is 12.4. The maximum absolute atomic E-state index is 10.9. The number of hydrogen-bond acceptors (Lipinski definition) is 5. The summed E-state index contributed by atoms with van der Waals surface area (Å²) in [6, 6.07) is 0. The van der Waals surface area contributed by atoms with Crippen molar-refractivity contribution < 1.29 is 14.6 Å². The number of carbonyl (C=O) groups is 1. The van der Waals surface area contributed by atoms with E-state index >= 15 is 0 Å². The quantitative estimate of drug-likeness (QED) is 0.792. The van der Waals surface area contributed by atoms with Gasteiger partial charge in [0.05, 0.1) is 12.8 Å². The second-order valence-corrected chi connectivity index (χ2v) is 4.09. The number of aromatic carboxylic acids is 1. The molecule has 17 heavy (non-hydrogen) atoms. The molecular formula is C11H15N3O3. The first-order valence-electron chi connectivity index (χ1n) is 5.47. The van der Waals surface area contributed by atoms with Crippen LogP contribution in [0.2, 0.25) is 0 Å². The lowest BCUT2D eigenvalue weighted by molar-refractivity contribution is 0.0681. The normalized spacial score (nSPS) is 16.1. The number of aromatic nitrogens is 2. The molecule has 1 aromatic rings. The molecule has 0 spiro atoms. The highest BCUT2D eigenvalue weighted by Gasteiger charge is 2.21. The molecule has 0 saturated heterocycles. The summed E-state index contributed by atoms with van der Waals surface area (Å²) in [6.45, 7) is 1.77. The third-order valence-corrected chi connectivity index (χ3v) is 2.91. The minimum atomic E-state index is -1.12. The summed E-state index contributed by atoms with van der Waals surface area (Å²) in [5.74, 6) is -0.920. The maximum atomic E-state index is 10.9. The van der Waals surface area contributed by atoms with Crippen LogP contribution < -0.4 is 4.74 Å². The largest absolute Gasteiger partial charge is 0.481 e. The number of methoxy groups -OCH3 is 1. The number of carboxylic acid groups (broad SMARTS) is 1. The molecule has 6 heteroatoms. The molecule has 1 aromatic heterocycles. The molecule has 1 aliphatic rings. The van der Waals surface area contributed by atoms with E-state index in [1.165, 1.54) is 7.11 Å². The molecule has 92 valence electrons. The van der Waals surface area contributed by atoms with E-state index in [-0.39, 0.29) is 5.82 Å². The highest BCUT2D eigenvalue weighted by Crippen LogP contribution is 2.22. The molecule has 2 rings (SSSR count). The second kappa shape index (κ2) is 4.67. The van der Waals surface area contributed by atoms with E-state index in [0.717, 1.165) is 37.2 Å². The van der Waals surface area contributed by atoms with Crippen LogP contribution in [0, 0.1) is 0 Å². The summed E-state index contributed by atoms with van der Waals surface area (Å²) in [5, 5.41) is 8.94. The van der Waals surface area contributed by atoms with E-state index in [0.29, 0.717) is 5.88 Å². The topological polar surface area (TPSA) is 75.5 Å². The Kier molecular flexibility index (Phi) is 3.23. The average molecular weight is 237 g/mol. The number of fused-ring (bicyclic) bond motifs is 1. The minimum Gasteiger partial charge on any atom is -0.481 e. The Hall–Kier alpha value is -1.69. The van der Waals surface area contributed by atoms with Crippen LogP contribution in [0.1, 0.15) is 21.9 Å².